The van der Waals surface area contributed by atoms with Gasteiger partial charge in [-0.05, 0) is 37.2 Å². The van der Waals surface area contributed by atoms with Gasteiger partial charge >= 0.3 is 0 Å². The van der Waals surface area contributed by atoms with Crippen LogP contribution in [0.3, 0.4) is 0 Å². The van der Waals surface area contributed by atoms with Gasteiger partial charge in [-0.3, -0.25) is 0 Å². The Bertz CT molecular complexity index is 378. The molecular weight excluding hydrogens is 279 g/mol. The SMILES string of the molecule is CCC(NCCN(CC)CC)c1ccc(Cl)cc1Cl. The fraction of sp³-hybridized carbons (Fsp3) is 0.600. The summed E-state index contributed by atoms with van der Waals surface area (Å²) in [5.74, 6) is 0. The minimum atomic E-state index is 0.292. The van der Waals surface area contributed by atoms with E-state index in [2.05, 4.69) is 31.0 Å². The van der Waals surface area contributed by atoms with E-state index in [-0.39, 0.29) is 0 Å². The van der Waals surface area contributed by atoms with Gasteiger partial charge in [0.15, 0.2) is 0 Å². The van der Waals surface area contributed by atoms with Gasteiger partial charge in [0.05, 0.1) is 0 Å². The summed E-state index contributed by atoms with van der Waals surface area (Å²) in [6, 6.07) is 6.02. The molecule has 1 atom stereocenters. The number of halogens is 2. The third kappa shape index (κ3) is 5.31. The third-order valence-corrected chi connectivity index (χ3v) is 4.02. The molecule has 0 aliphatic rings. The van der Waals surface area contributed by atoms with Crippen molar-refractivity contribution in [2.24, 2.45) is 0 Å². The maximum Gasteiger partial charge on any atom is 0.0468 e. The van der Waals surface area contributed by atoms with Crippen LogP contribution in [0.15, 0.2) is 18.2 Å². The van der Waals surface area contributed by atoms with E-state index in [9.17, 15) is 0 Å². The average Bonchev–Trinajstić information content (AvgIpc) is 2.40. The van der Waals surface area contributed by atoms with Crippen LogP contribution in [0.25, 0.3) is 0 Å². The first-order valence-electron chi connectivity index (χ1n) is 7.03. The van der Waals surface area contributed by atoms with Crippen LogP contribution in [0, 0.1) is 0 Å². The zero-order valence-electron chi connectivity index (χ0n) is 12.0. The van der Waals surface area contributed by atoms with Crippen molar-refractivity contribution in [1.29, 1.82) is 0 Å². The normalized spacial score (nSPS) is 12.9. The van der Waals surface area contributed by atoms with Crippen molar-refractivity contribution >= 4 is 23.2 Å². The highest BCUT2D eigenvalue weighted by atomic mass is 35.5. The van der Waals surface area contributed by atoms with E-state index < -0.39 is 0 Å². The Labute approximate surface area is 127 Å². The van der Waals surface area contributed by atoms with Crippen molar-refractivity contribution in [3.63, 3.8) is 0 Å². The summed E-state index contributed by atoms with van der Waals surface area (Å²) >= 11 is 12.2. The molecule has 0 saturated heterocycles. The van der Waals surface area contributed by atoms with Crippen LogP contribution in [0.5, 0.6) is 0 Å². The Balaban J connectivity index is 2.58. The minimum Gasteiger partial charge on any atom is -0.309 e. The lowest BCUT2D eigenvalue weighted by Gasteiger charge is -2.22. The lowest BCUT2D eigenvalue weighted by atomic mass is 10.0. The van der Waals surface area contributed by atoms with E-state index >= 15 is 0 Å². The summed E-state index contributed by atoms with van der Waals surface area (Å²) in [6.45, 7) is 10.8. The van der Waals surface area contributed by atoms with E-state index in [0.29, 0.717) is 11.1 Å². The van der Waals surface area contributed by atoms with Gasteiger partial charge in [-0.2, -0.15) is 0 Å². The second-order valence-electron chi connectivity index (χ2n) is 4.61. The van der Waals surface area contributed by atoms with Crippen molar-refractivity contribution in [2.75, 3.05) is 26.2 Å². The molecule has 4 heteroatoms. The highest BCUT2D eigenvalue weighted by Crippen LogP contribution is 2.27. The molecule has 0 radical (unpaired) electrons. The van der Waals surface area contributed by atoms with E-state index in [1.54, 1.807) is 0 Å². The van der Waals surface area contributed by atoms with E-state index in [1.165, 1.54) is 0 Å². The first-order valence-corrected chi connectivity index (χ1v) is 7.78. The summed E-state index contributed by atoms with van der Waals surface area (Å²) in [6.07, 6.45) is 1.01. The van der Waals surface area contributed by atoms with Gasteiger partial charge in [0, 0.05) is 29.2 Å². The molecule has 108 valence electrons. The molecule has 0 saturated carbocycles. The molecular formula is C15H24Cl2N2. The molecule has 2 nitrogen and oxygen atoms in total. The van der Waals surface area contributed by atoms with Gasteiger partial charge in [0.25, 0.3) is 0 Å². The summed E-state index contributed by atoms with van der Waals surface area (Å²) in [5, 5.41) is 5.01. The molecule has 1 rings (SSSR count). The van der Waals surface area contributed by atoms with Crippen LogP contribution in [0.1, 0.15) is 38.8 Å². The molecule has 1 unspecified atom stereocenters. The number of benzene rings is 1. The number of nitrogens with zero attached hydrogens (tertiary/aromatic N) is 1. The molecule has 19 heavy (non-hydrogen) atoms. The average molecular weight is 303 g/mol. The fourth-order valence-electron chi connectivity index (χ4n) is 2.20. The molecule has 0 fully saturated rings. The highest BCUT2D eigenvalue weighted by molar-refractivity contribution is 6.35. The van der Waals surface area contributed by atoms with Gasteiger partial charge in [-0.25, -0.2) is 0 Å². The Hall–Kier alpha value is -0.280. The van der Waals surface area contributed by atoms with Crippen molar-refractivity contribution in [1.82, 2.24) is 10.2 Å². The third-order valence-electron chi connectivity index (χ3n) is 3.46. The van der Waals surface area contributed by atoms with Crippen LogP contribution in [-0.2, 0) is 0 Å². The van der Waals surface area contributed by atoms with Crippen LogP contribution in [-0.4, -0.2) is 31.1 Å². The molecule has 0 amide bonds. The Morgan fingerprint density at radius 2 is 1.84 bits per heavy atom. The van der Waals surface area contributed by atoms with Gasteiger partial charge in [0.2, 0.25) is 0 Å². The van der Waals surface area contributed by atoms with Crippen molar-refractivity contribution in [3.8, 4) is 0 Å². The molecule has 0 aliphatic carbocycles. The molecule has 0 spiro atoms. The van der Waals surface area contributed by atoms with Gasteiger partial charge in [0.1, 0.15) is 0 Å². The van der Waals surface area contributed by atoms with Crippen LogP contribution < -0.4 is 5.32 Å². The molecule has 0 bridgehead atoms. The van der Waals surface area contributed by atoms with Crippen molar-refractivity contribution in [2.45, 2.75) is 33.2 Å². The predicted molar refractivity (Wildman–Crippen MR) is 85.3 cm³/mol. The fourth-order valence-corrected chi connectivity index (χ4v) is 2.74. The van der Waals surface area contributed by atoms with E-state index in [4.69, 9.17) is 23.2 Å². The predicted octanol–water partition coefficient (Wildman–Crippen LogP) is 4.38. The molecule has 1 N–H and O–H groups in total. The van der Waals surface area contributed by atoms with Gasteiger partial charge in [-0.1, -0.05) is 50.0 Å². The summed E-state index contributed by atoms with van der Waals surface area (Å²) < 4.78 is 0. The lowest BCUT2D eigenvalue weighted by Crippen LogP contribution is -2.33. The standard InChI is InChI=1S/C15H24Cl2N2/c1-4-15(18-9-10-19(5-2)6-3)13-8-7-12(16)11-14(13)17/h7-8,11,15,18H,4-6,9-10H2,1-3H3. The quantitative estimate of drug-likeness (QED) is 0.767. The minimum absolute atomic E-state index is 0.292. The highest BCUT2D eigenvalue weighted by Gasteiger charge is 2.12. The molecule has 1 aromatic carbocycles. The summed E-state index contributed by atoms with van der Waals surface area (Å²) in [4.78, 5) is 2.41. The second-order valence-corrected chi connectivity index (χ2v) is 5.45. The Morgan fingerprint density at radius 1 is 1.16 bits per heavy atom. The smallest absolute Gasteiger partial charge is 0.0468 e. The number of hydrogen-bond donors (Lipinski definition) is 1. The maximum atomic E-state index is 6.26. The van der Waals surface area contributed by atoms with Crippen molar-refractivity contribution < 1.29 is 0 Å². The largest absolute Gasteiger partial charge is 0.309 e. The molecule has 0 aliphatic heterocycles. The van der Waals surface area contributed by atoms with Crippen LogP contribution >= 0.6 is 23.2 Å². The molecule has 0 heterocycles. The maximum absolute atomic E-state index is 6.26. The van der Waals surface area contributed by atoms with Gasteiger partial charge in [-0.15, -0.1) is 0 Å². The zero-order chi connectivity index (χ0) is 14.3. The van der Waals surface area contributed by atoms with Crippen molar-refractivity contribution in [3.05, 3.63) is 33.8 Å². The zero-order valence-corrected chi connectivity index (χ0v) is 13.6. The van der Waals surface area contributed by atoms with Gasteiger partial charge < -0.3 is 10.2 Å². The van der Waals surface area contributed by atoms with E-state index in [1.807, 2.05) is 18.2 Å². The number of hydrogen-bond acceptors (Lipinski definition) is 2. The Morgan fingerprint density at radius 3 is 2.37 bits per heavy atom. The first kappa shape index (κ1) is 16.8. The number of likely N-dealkylation sites (N-methyl/N-ethyl adjacent to an activating group) is 1. The second kappa shape index (κ2) is 8.80. The first-order chi connectivity index (χ1) is 9.12. The molecule has 0 aromatic heterocycles. The Kier molecular flexibility index (Phi) is 7.77. The lowest BCUT2D eigenvalue weighted by molar-refractivity contribution is 0.295. The monoisotopic (exact) mass is 302 g/mol. The van der Waals surface area contributed by atoms with Crippen LogP contribution in [0.4, 0.5) is 0 Å². The number of nitrogens with one attached hydrogen (secondary N) is 1. The molecule has 1 aromatic rings. The summed E-state index contributed by atoms with van der Waals surface area (Å²) in [5.41, 5.74) is 1.13. The van der Waals surface area contributed by atoms with E-state index in [0.717, 1.165) is 43.2 Å². The number of rotatable bonds is 8. The van der Waals surface area contributed by atoms with Crippen LogP contribution in [0.2, 0.25) is 10.0 Å². The topological polar surface area (TPSA) is 15.3 Å². The summed E-state index contributed by atoms with van der Waals surface area (Å²) in [7, 11) is 0.